The molecule has 1 aliphatic rings. The summed E-state index contributed by atoms with van der Waals surface area (Å²) < 4.78 is 22.9. The first kappa shape index (κ1) is 37.7. The molecular formula is C45H38ClFN8O4. The average molecular weight is 809 g/mol. The van der Waals surface area contributed by atoms with Crippen molar-refractivity contribution in [3.05, 3.63) is 137 Å². The molecule has 59 heavy (non-hydrogen) atoms. The Morgan fingerprint density at radius 1 is 0.915 bits per heavy atom. The van der Waals surface area contributed by atoms with Crippen molar-refractivity contribution < 1.29 is 23.8 Å². The summed E-state index contributed by atoms with van der Waals surface area (Å²) in [5, 5.41) is 28.2. The van der Waals surface area contributed by atoms with E-state index in [4.69, 9.17) is 21.3 Å². The number of rotatable bonds is 12. The smallest absolute Gasteiger partial charge is 0.326 e. The lowest BCUT2D eigenvalue weighted by molar-refractivity contribution is -0.139. The summed E-state index contributed by atoms with van der Waals surface area (Å²) in [6, 6.07) is 31.9. The molecule has 12 nitrogen and oxygen atoms in total. The highest BCUT2D eigenvalue weighted by molar-refractivity contribution is 6.31. The number of nitrogens with zero attached hydrogens (tertiary/aromatic N) is 5. The Labute approximate surface area is 342 Å². The summed E-state index contributed by atoms with van der Waals surface area (Å²) in [5.41, 5.74) is 7.37. The van der Waals surface area contributed by atoms with Crippen molar-refractivity contribution in [1.29, 1.82) is 0 Å². The number of imidazole rings is 1. The van der Waals surface area contributed by atoms with Gasteiger partial charge in [-0.25, -0.2) is 14.2 Å². The Hall–Kier alpha value is -6.86. The minimum atomic E-state index is -1.19. The number of carboxylic acids is 1. The van der Waals surface area contributed by atoms with Crippen molar-refractivity contribution in [2.45, 2.75) is 57.2 Å². The van der Waals surface area contributed by atoms with Crippen LogP contribution < -0.4 is 10.1 Å². The van der Waals surface area contributed by atoms with Gasteiger partial charge in [0.05, 0.1) is 16.1 Å². The Morgan fingerprint density at radius 3 is 2.47 bits per heavy atom. The second-order valence-corrected chi connectivity index (χ2v) is 15.2. The molecule has 5 aromatic carbocycles. The molecule has 3 heterocycles. The van der Waals surface area contributed by atoms with E-state index in [0.717, 1.165) is 64.6 Å². The summed E-state index contributed by atoms with van der Waals surface area (Å²) in [7, 11) is 0. The van der Waals surface area contributed by atoms with Crippen LogP contribution in [0.2, 0.25) is 5.02 Å². The van der Waals surface area contributed by atoms with Crippen LogP contribution in [0.1, 0.15) is 59.8 Å². The number of nitrogens with one attached hydrogen (secondary N) is 3. The zero-order valence-corrected chi connectivity index (χ0v) is 32.4. The number of aromatic nitrogens is 7. The van der Waals surface area contributed by atoms with Crippen LogP contribution in [0.25, 0.3) is 55.8 Å². The molecule has 1 atom stereocenters. The molecule has 3 aromatic heterocycles. The van der Waals surface area contributed by atoms with Gasteiger partial charge in [0.15, 0.2) is 0 Å². The first-order valence-electron chi connectivity index (χ1n) is 19.4. The lowest BCUT2D eigenvalue weighted by Gasteiger charge is -2.25. The third-order valence-electron chi connectivity index (χ3n) is 11.0. The monoisotopic (exact) mass is 808 g/mol. The van der Waals surface area contributed by atoms with Gasteiger partial charge < -0.3 is 24.7 Å². The summed E-state index contributed by atoms with van der Waals surface area (Å²) in [4.78, 5) is 34.3. The number of hydrogen-bond acceptors (Lipinski definition) is 7. The molecule has 4 N–H and O–H groups in total. The van der Waals surface area contributed by atoms with Crippen molar-refractivity contribution in [2.24, 2.45) is 0 Å². The highest BCUT2D eigenvalue weighted by Gasteiger charge is 2.25. The van der Waals surface area contributed by atoms with E-state index in [1.54, 1.807) is 24.3 Å². The van der Waals surface area contributed by atoms with Crippen molar-refractivity contribution in [2.75, 3.05) is 0 Å². The topological polar surface area (TPSA) is 164 Å². The molecule has 0 radical (unpaired) electrons. The first-order valence-corrected chi connectivity index (χ1v) is 19.8. The minimum Gasteiger partial charge on any atom is -0.489 e. The maximum atomic E-state index is 14.2. The molecule has 0 aliphatic heterocycles. The quantitative estimate of drug-likeness (QED) is 0.0949. The number of amides is 1. The molecule has 296 valence electrons. The van der Waals surface area contributed by atoms with Crippen LogP contribution in [-0.2, 0) is 17.8 Å². The Bertz CT molecular complexity index is 2780. The lowest BCUT2D eigenvalue weighted by Crippen LogP contribution is -2.42. The number of benzene rings is 5. The molecule has 1 unspecified atom stereocenters. The Kier molecular flexibility index (Phi) is 10.3. The number of aromatic amines is 2. The number of carboxylic acid groups (broad SMARTS) is 1. The van der Waals surface area contributed by atoms with E-state index in [-0.39, 0.29) is 23.6 Å². The fourth-order valence-corrected chi connectivity index (χ4v) is 8.18. The molecule has 14 heteroatoms. The second kappa shape index (κ2) is 16.2. The van der Waals surface area contributed by atoms with E-state index in [1.165, 1.54) is 18.6 Å². The number of carbonyl (C=O) groups excluding carboxylic acids is 1. The normalized spacial score (nSPS) is 13.8. The van der Waals surface area contributed by atoms with Crippen LogP contribution in [0.3, 0.4) is 0 Å². The van der Waals surface area contributed by atoms with Gasteiger partial charge in [-0.15, -0.1) is 10.2 Å². The summed E-state index contributed by atoms with van der Waals surface area (Å²) >= 11 is 6.19. The number of aliphatic carboxylic acids is 1. The predicted octanol–water partition coefficient (Wildman–Crippen LogP) is 9.33. The van der Waals surface area contributed by atoms with Gasteiger partial charge in [0, 0.05) is 40.4 Å². The molecule has 0 bridgehead atoms. The van der Waals surface area contributed by atoms with E-state index in [9.17, 15) is 19.1 Å². The molecule has 0 spiro atoms. The maximum Gasteiger partial charge on any atom is 0.326 e. The molecular weight excluding hydrogens is 771 g/mol. The summed E-state index contributed by atoms with van der Waals surface area (Å²) in [6.45, 7) is 0.0433. The molecule has 1 aliphatic carbocycles. The van der Waals surface area contributed by atoms with E-state index in [2.05, 4.69) is 41.6 Å². The number of fused-ring (bicyclic) bond motifs is 2. The number of carbonyl (C=O) groups is 2. The molecule has 1 fully saturated rings. The number of halogens is 2. The van der Waals surface area contributed by atoms with Crippen LogP contribution in [-0.4, -0.2) is 58.2 Å². The van der Waals surface area contributed by atoms with Crippen LogP contribution in [0.15, 0.2) is 109 Å². The van der Waals surface area contributed by atoms with Gasteiger partial charge in [-0.2, -0.15) is 5.21 Å². The van der Waals surface area contributed by atoms with Crippen molar-refractivity contribution in [1.82, 2.24) is 40.5 Å². The fraction of sp³-hybridized carbons (Fsp3) is 0.200. The minimum absolute atomic E-state index is 0.0432. The van der Waals surface area contributed by atoms with Crippen LogP contribution in [0, 0.1) is 5.82 Å². The number of tetrazole rings is 1. The van der Waals surface area contributed by atoms with Gasteiger partial charge in [0.25, 0.3) is 5.91 Å². The van der Waals surface area contributed by atoms with Crippen LogP contribution >= 0.6 is 11.6 Å². The van der Waals surface area contributed by atoms with Crippen molar-refractivity contribution in [3.63, 3.8) is 0 Å². The summed E-state index contributed by atoms with van der Waals surface area (Å²) in [5.74, 6) is -0.330. The molecule has 0 saturated heterocycles. The Morgan fingerprint density at radius 2 is 1.71 bits per heavy atom. The van der Waals surface area contributed by atoms with Gasteiger partial charge in [-0.05, 0) is 119 Å². The lowest BCUT2D eigenvalue weighted by atomic mass is 9.95. The fourth-order valence-electron chi connectivity index (χ4n) is 8.00. The predicted molar refractivity (Wildman–Crippen MR) is 223 cm³/mol. The molecule has 1 saturated carbocycles. The number of para-hydroxylation sites is 1. The van der Waals surface area contributed by atoms with Gasteiger partial charge in [-0.3, -0.25) is 4.79 Å². The highest BCUT2D eigenvalue weighted by Crippen LogP contribution is 2.37. The third kappa shape index (κ3) is 7.89. The highest BCUT2D eigenvalue weighted by atomic mass is 35.5. The second-order valence-electron chi connectivity index (χ2n) is 14.8. The molecule has 1 amide bonds. The SMILES string of the molecule is O=C(NC(Cc1cc2ccccc2[nH]1)C(=O)O)c1ccc(-c2ccc(F)c(Cl)c2)c(COc2ccc(-c3nc4cc(-c5nn[nH]n5)ccc4n3C3CCCCC3)cc2)c1. The van der Waals surface area contributed by atoms with E-state index in [0.29, 0.717) is 40.0 Å². The largest absolute Gasteiger partial charge is 0.489 e. The number of hydrogen-bond donors (Lipinski definition) is 4. The van der Waals surface area contributed by atoms with Crippen LogP contribution in [0.5, 0.6) is 5.75 Å². The van der Waals surface area contributed by atoms with E-state index < -0.39 is 23.7 Å². The number of H-pyrrole nitrogens is 2. The Balaban J connectivity index is 0.982. The van der Waals surface area contributed by atoms with Gasteiger partial charge >= 0.3 is 5.97 Å². The molecule has 8 aromatic rings. The first-order chi connectivity index (χ1) is 28.8. The van der Waals surface area contributed by atoms with E-state index in [1.807, 2.05) is 66.7 Å². The third-order valence-corrected chi connectivity index (χ3v) is 11.2. The maximum absolute atomic E-state index is 14.2. The summed E-state index contributed by atoms with van der Waals surface area (Å²) in [6.07, 6.45) is 5.77. The zero-order valence-electron chi connectivity index (χ0n) is 31.7. The van der Waals surface area contributed by atoms with Gasteiger partial charge in [-0.1, -0.05) is 61.2 Å². The van der Waals surface area contributed by atoms with Crippen molar-refractivity contribution in [3.8, 4) is 39.7 Å². The standard InChI is InChI=1S/C45H38ClFN8O4/c46-36-22-27(13-18-37(36)47)35-17-12-30(44(56)50-40(45(57)58)24-32-21-28-6-4-5-9-38(28)48-32)20-31(35)25-59-34-15-10-26(11-16-34)43-49-39-23-29(42-51-53-54-52-42)14-19-41(39)55(43)33-7-2-1-3-8-33/h4-6,9-23,33,40,48H,1-3,7-8,24-25H2,(H,50,56)(H,57,58)(H,51,52,53,54). The van der Waals surface area contributed by atoms with Gasteiger partial charge in [0.2, 0.25) is 5.82 Å². The zero-order chi connectivity index (χ0) is 40.5. The molecule has 9 rings (SSSR count). The van der Waals surface area contributed by atoms with Crippen LogP contribution in [0.4, 0.5) is 4.39 Å². The average Bonchev–Trinajstić information content (AvgIpc) is 4.03. The van der Waals surface area contributed by atoms with Crippen molar-refractivity contribution >= 4 is 45.4 Å². The van der Waals surface area contributed by atoms with E-state index >= 15 is 0 Å². The van der Waals surface area contributed by atoms with Gasteiger partial charge in [0.1, 0.15) is 30.0 Å². The number of ether oxygens (including phenoxy) is 1.